The van der Waals surface area contributed by atoms with Gasteiger partial charge in [-0.2, -0.15) is 0 Å². The van der Waals surface area contributed by atoms with Crippen LogP contribution in [0.2, 0.25) is 0 Å². The van der Waals surface area contributed by atoms with E-state index in [0.29, 0.717) is 0 Å². The number of nitrogens with zero attached hydrogens (tertiary/aromatic N) is 1. The molecule has 78 valence electrons. The van der Waals surface area contributed by atoms with Crippen molar-refractivity contribution >= 4 is 5.97 Å². The summed E-state index contributed by atoms with van der Waals surface area (Å²) in [6.45, 7) is 2.00. The maximum atomic E-state index is 11.1. The van der Waals surface area contributed by atoms with E-state index in [2.05, 4.69) is 4.90 Å². The minimum atomic E-state index is -0.486. The second-order valence-corrected chi connectivity index (χ2v) is 3.62. The summed E-state index contributed by atoms with van der Waals surface area (Å²) in [5, 5.41) is 0. The maximum Gasteiger partial charge on any atom is 0.335 e. The largest absolute Gasteiger partial charge is 0.426 e. The van der Waals surface area contributed by atoms with Crippen molar-refractivity contribution in [1.29, 1.82) is 0 Å². The number of hydrogen-bond acceptors (Lipinski definition) is 4. The Morgan fingerprint density at radius 2 is 2.14 bits per heavy atom. The standard InChI is InChI=1S/C10H15NO3/c1-13-10-8(7-9(12)14-10)11-5-3-2-4-6-11/h7,10H,2-6H2,1H3. The van der Waals surface area contributed by atoms with E-state index in [1.807, 2.05) is 0 Å². The van der Waals surface area contributed by atoms with Crippen molar-refractivity contribution in [2.75, 3.05) is 20.2 Å². The molecule has 0 saturated carbocycles. The Bertz CT molecular complexity index is 256. The van der Waals surface area contributed by atoms with Gasteiger partial charge in [0.05, 0.1) is 5.70 Å². The van der Waals surface area contributed by atoms with E-state index in [4.69, 9.17) is 9.47 Å². The molecule has 4 heteroatoms. The number of cyclic esters (lactones) is 1. The Labute approximate surface area is 83.5 Å². The predicted molar refractivity (Wildman–Crippen MR) is 50.4 cm³/mol. The van der Waals surface area contributed by atoms with Crippen LogP contribution in [-0.4, -0.2) is 37.4 Å². The van der Waals surface area contributed by atoms with E-state index in [9.17, 15) is 4.79 Å². The van der Waals surface area contributed by atoms with Gasteiger partial charge in [-0.25, -0.2) is 4.79 Å². The molecule has 0 aromatic rings. The average Bonchev–Trinajstić information content (AvgIpc) is 2.61. The molecule has 2 rings (SSSR count). The van der Waals surface area contributed by atoms with E-state index in [-0.39, 0.29) is 5.97 Å². The summed E-state index contributed by atoms with van der Waals surface area (Å²) in [7, 11) is 1.56. The highest BCUT2D eigenvalue weighted by molar-refractivity contribution is 5.85. The molecule has 1 saturated heterocycles. The van der Waals surface area contributed by atoms with Crippen LogP contribution in [0.3, 0.4) is 0 Å². The first kappa shape index (κ1) is 9.52. The summed E-state index contributed by atoms with van der Waals surface area (Å²) < 4.78 is 10.1. The van der Waals surface area contributed by atoms with Crippen LogP contribution < -0.4 is 0 Å². The van der Waals surface area contributed by atoms with Crippen LogP contribution in [0, 0.1) is 0 Å². The molecule has 1 unspecified atom stereocenters. The van der Waals surface area contributed by atoms with E-state index in [0.717, 1.165) is 18.8 Å². The number of hydrogen-bond donors (Lipinski definition) is 0. The highest BCUT2D eigenvalue weighted by Crippen LogP contribution is 2.23. The number of likely N-dealkylation sites (tertiary alicyclic amines) is 1. The van der Waals surface area contributed by atoms with E-state index < -0.39 is 6.29 Å². The smallest absolute Gasteiger partial charge is 0.335 e. The molecule has 0 N–H and O–H groups in total. The average molecular weight is 197 g/mol. The molecule has 0 radical (unpaired) electrons. The van der Waals surface area contributed by atoms with Crippen molar-refractivity contribution in [3.63, 3.8) is 0 Å². The molecule has 14 heavy (non-hydrogen) atoms. The van der Waals surface area contributed by atoms with Crippen LogP contribution >= 0.6 is 0 Å². The number of rotatable bonds is 2. The van der Waals surface area contributed by atoms with Crippen LogP contribution in [0.4, 0.5) is 0 Å². The Morgan fingerprint density at radius 1 is 1.43 bits per heavy atom. The molecule has 0 aromatic carbocycles. The highest BCUT2D eigenvalue weighted by Gasteiger charge is 2.30. The highest BCUT2D eigenvalue weighted by atomic mass is 16.7. The lowest BCUT2D eigenvalue weighted by Gasteiger charge is -2.31. The first-order valence-corrected chi connectivity index (χ1v) is 5.01. The van der Waals surface area contributed by atoms with Gasteiger partial charge in [-0.15, -0.1) is 0 Å². The number of carbonyl (C=O) groups excluding carboxylic acids is 1. The van der Waals surface area contributed by atoms with E-state index in [1.54, 1.807) is 13.2 Å². The third-order valence-electron chi connectivity index (χ3n) is 2.67. The van der Waals surface area contributed by atoms with Gasteiger partial charge in [0, 0.05) is 26.3 Å². The van der Waals surface area contributed by atoms with Crippen molar-refractivity contribution in [1.82, 2.24) is 4.90 Å². The molecular weight excluding hydrogens is 182 g/mol. The number of carbonyl (C=O) groups is 1. The number of methoxy groups -OCH3 is 1. The minimum absolute atomic E-state index is 0.294. The summed E-state index contributed by atoms with van der Waals surface area (Å²) >= 11 is 0. The monoisotopic (exact) mass is 197 g/mol. The van der Waals surface area contributed by atoms with Crippen molar-refractivity contribution in [2.24, 2.45) is 0 Å². The van der Waals surface area contributed by atoms with Gasteiger partial charge in [-0.1, -0.05) is 0 Å². The first-order chi connectivity index (χ1) is 6.81. The van der Waals surface area contributed by atoms with E-state index >= 15 is 0 Å². The summed E-state index contributed by atoms with van der Waals surface area (Å²) in [5.41, 5.74) is 0.886. The van der Waals surface area contributed by atoms with Crippen molar-refractivity contribution in [3.8, 4) is 0 Å². The number of ether oxygens (including phenoxy) is 2. The third-order valence-corrected chi connectivity index (χ3v) is 2.67. The molecule has 2 heterocycles. The van der Waals surface area contributed by atoms with Crippen LogP contribution in [0.15, 0.2) is 11.8 Å². The Hall–Kier alpha value is -1.03. The molecule has 4 nitrogen and oxygen atoms in total. The second kappa shape index (κ2) is 4.00. The van der Waals surface area contributed by atoms with Crippen molar-refractivity contribution in [2.45, 2.75) is 25.6 Å². The Morgan fingerprint density at radius 3 is 2.79 bits per heavy atom. The van der Waals surface area contributed by atoms with Crippen LogP contribution in [0.1, 0.15) is 19.3 Å². The maximum absolute atomic E-state index is 11.1. The number of piperidine rings is 1. The van der Waals surface area contributed by atoms with Crippen molar-refractivity contribution in [3.05, 3.63) is 11.8 Å². The summed E-state index contributed by atoms with van der Waals surface area (Å²) in [6.07, 6.45) is 4.69. The van der Waals surface area contributed by atoms with Crippen LogP contribution in [-0.2, 0) is 14.3 Å². The lowest BCUT2D eigenvalue weighted by Crippen LogP contribution is -2.34. The van der Waals surface area contributed by atoms with Crippen molar-refractivity contribution < 1.29 is 14.3 Å². The molecule has 0 bridgehead atoms. The molecule has 0 amide bonds. The topological polar surface area (TPSA) is 38.8 Å². The third kappa shape index (κ3) is 1.75. The van der Waals surface area contributed by atoms with Crippen LogP contribution in [0.5, 0.6) is 0 Å². The zero-order valence-electron chi connectivity index (χ0n) is 8.36. The van der Waals surface area contributed by atoms with Gasteiger partial charge in [0.15, 0.2) is 0 Å². The summed E-state index contributed by atoms with van der Waals surface area (Å²) in [4.78, 5) is 13.2. The molecule has 1 atom stereocenters. The fourth-order valence-corrected chi connectivity index (χ4v) is 1.95. The molecule has 0 aliphatic carbocycles. The van der Waals surface area contributed by atoms with Gasteiger partial charge in [0.1, 0.15) is 0 Å². The lowest BCUT2D eigenvalue weighted by molar-refractivity contribution is -0.157. The lowest BCUT2D eigenvalue weighted by atomic mass is 10.1. The molecule has 1 fully saturated rings. The van der Waals surface area contributed by atoms with Gasteiger partial charge in [0.2, 0.25) is 6.29 Å². The fraction of sp³-hybridized carbons (Fsp3) is 0.700. The predicted octanol–water partition coefficient (Wildman–Crippen LogP) is 0.885. The van der Waals surface area contributed by atoms with E-state index in [1.165, 1.54) is 19.3 Å². The Balaban J connectivity index is 2.07. The summed E-state index contributed by atoms with van der Waals surface area (Å²) in [5.74, 6) is -0.294. The number of esters is 1. The van der Waals surface area contributed by atoms with Gasteiger partial charge in [-0.3, -0.25) is 0 Å². The fourth-order valence-electron chi connectivity index (χ4n) is 1.95. The Kier molecular flexibility index (Phi) is 2.72. The second-order valence-electron chi connectivity index (χ2n) is 3.62. The van der Waals surface area contributed by atoms with Crippen LogP contribution in [0.25, 0.3) is 0 Å². The molecule has 2 aliphatic heterocycles. The quantitative estimate of drug-likeness (QED) is 0.616. The van der Waals surface area contributed by atoms with Gasteiger partial charge >= 0.3 is 5.97 Å². The van der Waals surface area contributed by atoms with Gasteiger partial charge in [0.25, 0.3) is 0 Å². The SMILES string of the molecule is COC1OC(=O)C=C1N1CCCCC1. The van der Waals surface area contributed by atoms with Gasteiger partial charge < -0.3 is 14.4 Å². The summed E-state index contributed by atoms with van der Waals surface area (Å²) in [6, 6.07) is 0. The molecule has 0 aromatic heterocycles. The molecule has 0 spiro atoms. The van der Waals surface area contributed by atoms with Gasteiger partial charge in [-0.05, 0) is 19.3 Å². The molecular formula is C10H15NO3. The zero-order chi connectivity index (χ0) is 9.97. The minimum Gasteiger partial charge on any atom is -0.426 e. The normalized spacial score (nSPS) is 27.5. The molecule has 2 aliphatic rings. The first-order valence-electron chi connectivity index (χ1n) is 5.01. The zero-order valence-corrected chi connectivity index (χ0v) is 8.36.